The summed E-state index contributed by atoms with van der Waals surface area (Å²) < 4.78 is 17.2. The third-order valence-corrected chi connectivity index (χ3v) is 4.92. The third kappa shape index (κ3) is 3.48. The molecule has 0 saturated carbocycles. The van der Waals surface area contributed by atoms with Crippen LogP contribution < -0.4 is 5.32 Å². The zero-order valence-electron chi connectivity index (χ0n) is 11.5. The highest BCUT2D eigenvalue weighted by Gasteiger charge is 2.43. The SMILES string of the molecule is CCOC(=O)C(c1ccccc1)C1NC(C(=O)O)CS1=O. The summed E-state index contributed by atoms with van der Waals surface area (Å²) in [5.41, 5.74) is 0.660. The van der Waals surface area contributed by atoms with Crippen LogP contribution >= 0.6 is 0 Å². The molecular formula is C14H17NO5S. The number of hydrogen-bond acceptors (Lipinski definition) is 5. The van der Waals surface area contributed by atoms with E-state index in [1.165, 1.54) is 0 Å². The van der Waals surface area contributed by atoms with Gasteiger partial charge in [-0.2, -0.15) is 0 Å². The molecule has 0 aromatic heterocycles. The molecule has 0 radical (unpaired) electrons. The lowest BCUT2D eigenvalue weighted by atomic mass is 9.98. The first-order chi connectivity index (χ1) is 10.0. The van der Waals surface area contributed by atoms with Crippen LogP contribution in [0.1, 0.15) is 18.4 Å². The van der Waals surface area contributed by atoms with Gasteiger partial charge < -0.3 is 9.84 Å². The topological polar surface area (TPSA) is 92.7 Å². The minimum atomic E-state index is -1.46. The first-order valence-corrected chi connectivity index (χ1v) is 8.00. The average molecular weight is 311 g/mol. The van der Waals surface area contributed by atoms with Gasteiger partial charge in [0, 0.05) is 10.8 Å². The van der Waals surface area contributed by atoms with E-state index in [4.69, 9.17) is 9.84 Å². The fourth-order valence-corrected chi connectivity index (χ4v) is 3.97. The van der Waals surface area contributed by atoms with E-state index in [-0.39, 0.29) is 12.4 Å². The number of benzene rings is 1. The van der Waals surface area contributed by atoms with Gasteiger partial charge in [0.15, 0.2) is 0 Å². The highest BCUT2D eigenvalue weighted by atomic mass is 32.2. The van der Waals surface area contributed by atoms with Crippen LogP contribution in [-0.2, 0) is 25.1 Å². The van der Waals surface area contributed by atoms with E-state index in [9.17, 15) is 13.8 Å². The van der Waals surface area contributed by atoms with Crippen LogP contribution in [0, 0.1) is 0 Å². The van der Waals surface area contributed by atoms with E-state index in [0.717, 1.165) is 0 Å². The number of carbonyl (C=O) groups excluding carboxylic acids is 1. The van der Waals surface area contributed by atoms with Gasteiger partial charge in [0.2, 0.25) is 0 Å². The Bertz CT molecular complexity index is 548. The summed E-state index contributed by atoms with van der Waals surface area (Å²) in [6, 6.07) is 7.94. The normalized spacial score (nSPS) is 26.2. The van der Waals surface area contributed by atoms with Gasteiger partial charge >= 0.3 is 11.9 Å². The Balaban J connectivity index is 2.30. The first-order valence-electron chi connectivity index (χ1n) is 6.62. The van der Waals surface area contributed by atoms with Gasteiger partial charge in [0.05, 0.1) is 12.4 Å². The summed E-state index contributed by atoms with van der Waals surface area (Å²) >= 11 is 0. The predicted molar refractivity (Wildman–Crippen MR) is 77.2 cm³/mol. The van der Waals surface area contributed by atoms with Gasteiger partial charge in [-0.1, -0.05) is 30.3 Å². The second kappa shape index (κ2) is 6.82. The molecule has 1 aliphatic rings. The summed E-state index contributed by atoms with van der Waals surface area (Å²) in [6.07, 6.45) is 0. The van der Waals surface area contributed by atoms with Crippen LogP contribution in [-0.4, -0.2) is 45.0 Å². The van der Waals surface area contributed by atoms with Gasteiger partial charge in [0.1, 0.15) is 17.3 Å². The Labute approximate surface area is 125 Å². The number of carbonyl (C=O) groups is 2. The van der Waals surface area contributed by atoms with Crippen LogP contribution in [0.15, 0.2) is 30.3 Å². The number of ether oxygens (including phenoxy) is 1. The van der Waals surface area contributed by atoms with Crippen molar-refractivity contribution in [1.82, 2.24) is 5.32 Å². The summed E-state index contributed by atoms with van der Waals surface area (Å²) in [5.74, 6) is -2.36. The molecule has 1 fully saturated rings. The minimum Gasteiger partial charge on any atom is -0.480 e. The van der Waals surface area contributed by atoms with Crippen LogP contribution in [0.2, 0.25) is 0 Å². The molecule has 21 heavy (non-hydrogen) atoms. The van der Waals surface area contributed by atoms with Crippen molar-refractivity contribution < 1.29 is 23.6 Å². The minimum absolute atomic E-state index is 0.0112. The smallest absolute Gasteiger partial charge is 0.321 e. The highest BCUT2D eigenvalue weighted by molar-refractivity contribution is 7.86. The molecule has 114 valence electrons. The number of nitrogens with one attached hydrogen (secondary N) is 1. The molecule has 0 amide bonds. The molecule has 0 bridgehead atoms. The Hall–Kier alpha value is -1.73. The van der Waals surface area contributed by atoms with E-state index < -0.39 is 40.1 Å². The number of hydrogen-bond donors (Lipinski definition) is 2. The number of rotatable bonds is 5. The molecule has 1 aromatic rings. The second-order valence-electron chi connectivity index (χ2n) is 4.67. The lowest BCUT2D eigenvalue weighted by Gasteiger charge is -2.22. The lowest BCUT2D eigenvalue weighted by molar-refractivity contribution is -0.145. The van der Waals surface area contributed by atoms with Crippen LogP contribution in [0.3, 0.4) is 0 Å². The molecule has 0 spiro atoms. The summed E-state index contributed by atoms with van der Waals surface area (Å²) in [7, 11) is -1.46. The van der Waals surface area contributed by atoms with E-state index in [2.05, 4.69) is 5.32 Å². The Morgan fingerprint density at radius 1 is 1.43 bits per heavy atom. The van der Waals surface area contributed by atoms with Gasteiger partial charge in [-0.3, -0.25) is 19.1 Å². The van der Waals surface area contributed by atoms with E-state index in [0.29, 0.717) is 5.56 Å². The lowest BCUT2D eigenvalue weighted by Crippen LogP contribution is -2.42. The quantitative estimate of drug-likeness (QED) is 0.768. The predicted octanol–water partition coefficient (Wildman–Crippen LogP) is 0.464. The molecule has 1 heterocycles. The Morgan fingerprint density at radius 2 is 2.10 bits per heavy atom. The molecule has 2 N–H and O–H groups in total. The van der Waals surface area contributed by atoms with Gasteiger partial charge in [0.25, 0.3) is 0 Å². The standard InChI is InChI=1S/C14H17NO5S/c1-2-20-14(18)11(9-6-4-3-5-7-9)12-15-10(13(16)17)8-21(12)19/h3-7,10-12,15H,2,8H2,1H3,(H,16,17). The number of esters is 1. The summed E-state index contributed by atoms with van der Waals surface area (Å²) in [5, 5.41) is 11.1. The molecule has 7 heteroatoms. The van der Waals surface area contributed by atoms with Crippen molar-refractivity contribution >= 4 is 22.7 Å². The molecule has 4 unspecified atom stereocenters. The van der Waals surface area contributed by atoms with Gasteiger partial charge in [-0.25, -0.2) is 0 Å². The van der Waals surface area contributed by atoms with Crippen molar-refractivity contribution in [2.75, 3.05) is 12.4 Å². The highest BCUT2D eigenvalue weighted by Crippen LogP contribution is 2.27. The summed E-state index contributed by atoms with van der Waals surface area (Å²) in [4.78, 5) is 23.2. The molecule has 2 rings (SSSR count). The zero-order valence-corrected chi connectivity index (χ0v) is 12.3. The molecule has 1 aliphatic heterocycles. The molecule has 1 aromatic carbocycles. The Kier molecular flexibility index (Phi) is 5.08. The van der Waals surface area contributed by atoms with Crippen LogP contribution in [0.5, 0.6) is 0 Å². The number of carboxylic acids is 1. The maximum Gasteiger partial charge on any atom is 0.321 e. The fourth-order valence-electron chi connectivity index (χ4n) is 2.31. The van der Waals surface area contributed by atoms with Crippen molar-refractivity contribution in [3.8, 4) is 0 Å². The Morgan fingerprint density at radius 3 is 2.62 bits per heavy atom. The van der Waals surface area contributed by atoms with E-state index in [1.54, 1.807) is 31.2 Å². The first kappa shape index (κ1) is 15.7. The van der Waals surface area contributed by atoms with Crippen LogP contribution in [0.25, 0.3) is 0 Å². The van der Waals surface area contributed by atoms with Gasteiger partial charge in [-0.15, -0.1) is 0 Å². The molecule has 6 nitrogen and oxygen atoms in total. The monoisotopic (exact) mass is 311 g/mol. The van der Waals surface area contributed by atoms with Crippen molar-refractivity contribution in [3.05, 3.63) is 35.9 Å². The second-order valence-corrected chi connectivity index (χ2v) is 6.27. The average Bonchev–Trinajstić information content (AvgIpc) is 2.83. The maximum atomic E-state index is 12.2. The third-order valence-electron chi connectivity index (χ3n) is 3.28. The largest absolute Gasteiger partial charge is 0.480 e. The molecule has 4 atom stereocenters. The zero-order chi connectivity index (χ0) is 15.4. The fraction of sp³-hybridized carbons (Fsp3) is 0.429. The number of carboxylic acid groups (broad SMARTS) is 1. The maximum absolute atomic E-state index is 12.2. The van der Waals surface area contributed by atoms with Crippen molar-refractivity contribution in [2.45, 2.75) is 24.3 Å². The van der Waals surface area contributed by atoms with E-state index in [1.807, 2.05) is 6.07 Å². The molecule has 0 aliphatic carbocycles. The summed E-state index contributed by atoms with van der Waals surface area (Å²) in [6.45, 7) is 1.91. The van der Waals surface area contributed by atoms with Crippen molar-refractivity contribution in [1.29, 1.82) is 0 Å². The molecule has 1 saturated heterocycles. The van der Waals surface area contributed by atoms with E-state index >= 15 is 0 Å². The van der Waals surface area contributed by atoms with Gasteiger partial charge in [-0.05, 0) is 12.5 Å². The van der Waals surface area contributed by atoms with Crippen molar-refractivity contribution in [2.24, 2.45) is 0 Å². The molecular weight excluding hydrogens is 294 g/mol. The number of aliphatic carboxylic acids is 1. The van der Waals surface area contributed by atoms with Crippen LogP contribution in [0.4, 0.5) is 0 Å². The van der Waals surface area contributed by atoms with Crippen molar-refractivity contribution in [3.63, 3.8) is 0 Å².